The second-order valence-electron chi connectivity index (χ2n) is 2.97. The number of benzene rings is 1. The largest absolute Gasteiger partial charge is 0.507 e. The van der Waals surface area contributed by atoms with Crippen LogP contribution in [0.3, 0.4) is 0 Å². The van der Waals surface area contributed by atoms with E-state index in [2.05, 4.69) is 11.8 Å². The molecule has 0 aliphatic carbocycles. The number of rotatable bonds is 2. The molecule has 78 valence electrons. The molecule has 0 radical (unpaired) electrons. The smallest absolute Gasteiger partial charge is 0.166 e. The van der Waals surface area contributed by atoms with Crippen LogP contribution in [-0.2, 0) is 0 Å². The minimum atomic E-state index is -0.224. The van der Waals surface area contributed by atoms with Gasteiger partial charge in [0.15, 0.2) is 5.78 Å². The molecule has 3 heteroatoms. The van der Waals surface area contributed by atoms with Gasteiger partial charge in [0.1, 0.15) is 12.4 Å². The van der Waals surface area contributed by atoms with Gasteiger partial charge in [-0.3, -0.25) is 4.79 Å². The van der Waals surface area contributed by atoms with Gasteiger partial charge in [0.05, 0.1) is 5.56 Å². The molecule has 0 bridgehead atoms. The summed E-state index contributed by atoms with van der Waals surface area (Å²) in [4.78, 5) is 11.4. The maximum absolute atomic E-state index is 11.4. The first-order valence-electron chi connectivity index (χ1n) is 4.65. The molecule has 0 saturated heterocycles. The number of carbonyl (C=O) groups is 1. The van der Waals surface area contributed by atoms with Gasteiger partial charge in [0.2, 0.25) is 0 Å². The van der Waals surface area contributed by atoms with Crippen molar-refractivity contribution in [3.05, 3.63) is 29.3 Å². The Bertz CT molecular complexity index is 424. The van der Waals surface area contributed by atoms with Gasteiger partial charge in [-0.1, -0.05) is 18.8 Å². The summed E-state index contributed by atoms with van der Waals surface area (Å²) >= 11 is 0. The lowest BCUT2D eigenvalue weighted by atomic mass is 10.0. The standard InChI is InChI=1S/C12H12O3/c1-2-11(14)10-8-9(4-3-7-13)5-6-12(10)15/h5-6,8,13,15H,2,7H2,1H3. The molecule has 0 saturated carbocycles. The molecule has 0 unspecified atom stereocenters. The zero-order valence-electron chi connectivity index (χ0n) is 8.45. The Balaban J connectivity index is 3.10. The molecule has 0 spiro atoms. The molecule has 0 fully saturated rings. The molecule has 1 aromatic rings. The van der Waals surface area contributed by atoms with Gasteiger partial charge in [-0.2, -0.15) is 0 Å². The number of ketones is 1. The average Bonchev–Trinajstić information content (AvgIpc) is 2.27. The van der Waals surface area contributed by atoms with Crippen molar-refractivity contribution < 1.29 is 15.0 Å². The van der Waals surface area contributed by atoms with Crippen LogP contribution in [0.25, 0.3) is 0 Å². The number of phenolic OH excluding ortho intramolecular Hbond substituents is 1. The minimum Gasteiger partial charge on any atom is -0.507 e. The third-order valence-corrected chi connectivity index (χ3v) is 1.93. The van der Waals surface area contributed by atoms with Crippen LogP contribution in [0.4, 0.5) is 0 Å². The molecule has 2 N–H and O–H groups in total. The van der Waals surface area contributed by atoms with Crippen LogP contribution in [0.2, 0.25) is 0 Å². The zero-order valence-corrected chi connectivity index (χ0v) is 8.45. The van der Waals surface area contributed by atoms with Gasteiger partial charge in [0.25, 0.3) is 0 Å². The lowest BCUT2D eigenvalue weighted by Crippen LogP contribution is -1.97. The van der Waals surface area contributed by atoms with Gasteiger partial charge >= 0.3 is 0 Å². The van der Waals surface area contributed by atoms with Crippen LogP contribution in [0.1, 0.15) is 29.3 Å². The predicted octanol–water partition coefficient (Wildman–Crippen LogP) is 1.33. The zero-order chi connectivity index (χ0) is 11.3. The van der Waals surface area contributed by atoms with Gasteiger partial charge < -0.3 is 10.2 Å². The fourth-order valence-electron chi connectivity index (χ4n) is 1.17. The van der Waals surface area contributed by atoms with Crippen molar-refractivity contribution in [1.29, 1.82) is 0 Å². The predicted molar refractivity (Wildman–Crippen MR) is 56.7 cm³/mol. The van der Waals surface area contributed by atoms with Crippen LogP contribution >= 0.6 is 0 Å². The van der Waals surface area contributed by atoms with Crippen molar-refractivity contribution in [3.8, 4) is 17.6 Å². The highest BCUT2D eigenvalue weighted by Gasteiger charge is 2.08. The summed E-state index contributed by atoms with van der Waals surface area (Å²) in [5, 5.41) is 18.0. The summed E-state index contributed by atoms with van der Waals surface area (Å²) in [5.74, 6) is 5.00. The summed E-state index contributed by atoms with van der Waals surface area (Å²) < 4.78 is 0. The van der Waals surface area contributed by atoms with Gasteiger partial charge in [-0.25, -0.2) is 0 Å². The summed E-state index contributed by atoms with van der Waals surface area (Å²) in [7, 11) is 0. The Hall–Kier alpha value is -1.79. The van der Waals surface area contributed by atoms with E-state index in [1.807, 2.05) is 0 Å². The molecule has 15 heavy (non-hydrogen) atoms. The molecule has 1 rings (SSSR count). The molecule has 0 aliphatic rings. The molecular formula is C12H12O3. The van der Waals surface area contributed by atoms with Crippen LogP contribution < -0.4 is 0 Å². The van der Waals surface area contributed by atoms with Crippen LogP contribution in [0.15, 0.2) is 18.2 Å². The molecule has 0 amide bonds. The quantitative estimate of drug-likeness (QED) is 0.564. The number of Topliss-reactive ketones (excluding diaryl/α,β-unsaturated/α-hetero) is 1. The number of aromatic hydroxyl groups is 1. The number of phenols is 1. The summed E-state index contributed by atoms with van der Waals surface area (Å²) in [6.07, 6.45) is 0.338. The van der Waals surface area contributed by atoms with E-state index in [4.69, 9.17) is 5.11 Å². The molecule has 0 heterocycles. The lowest BCUT2D eigenvalue weighted by Gasteiger charge is -2.02. The monoisotopic (exact) mass is 204 g/mol. The van der Waals surface area contributed by atoms with Crippen molar-refractivity contribution >= 4 is 5.78 Å². The molecule has 3 nitrogen and oxygen atoms in total. The number of hydrogen-bond acceptors (Lipinski definition) is 3. The SMILES string of the molecule is CCC(=O)c1cc(C#CCO)ccc1O. The van der Waals surface area contributed by atoms with E-state index < -0.39 is 0 Å². The Kier molecular flexibility index (Phi) is 3.90. The van der Waals surface area contributed by atoms with Crippen molar-refractivity contribution in [2.45, 2.75) is 13.3 Å². The van der Waals surface area contributed by atoms with Gasteiger partial charge in [-0.15, -0.1) is 0 Å². The number of aliphatic hydroxyl groups excluding tert-OH is 1. The number of hydrogen-bond donors (Lipinski definition) is 2. The first kappa shape index (κ1) is 11.3. The number of carbonyl (C=O) groups excluding carboxylic acids is 1. The lowest BCUT2D eigenvalue weighted by molar-refractivity contribution is 0.0985. The molecule has 0 atom stereocenters. The van der Waals surface area contributed by atoms with Crippen molar-refractivity contribution in [2.75, 3.05) is 6.61 Å². The molecule has 0 aromatic heterocycles. The van der Waals surface area contributed by atoms with Crippen LogP contribution in [-0.4, -0.2) is 22.6 Å². The topological polar surface area (TPSA) is 57.5 Å². The first-order chi connectivity index (χ1) is 7.19. The van der Waals surface area contributed by atoms with Crippen LogP contribution in [0.5, 0.6) is 5.75 Å². The maximum atomic E-state index is 11.4. The van der Waals surface area contributed by atoms with E-state index in [0.717, 1.165) is 0 Å². The number of aliphatic hydroxyl groups is 1. The molecule has 1 aromatic carbocycles. The van der Waals surface area contributed by atoms with E-state index in [1.54, 1.807) is 13.0 Å². The molecular weight excluding hydrogens is 192 g/mol. The highest BCUT2D eigenvalue weighted by molar-refractivity contribution is 5.98. The fraction of sp³-hybridized carbons (Fsp3) is 0.250. The van der Waals surface area contributed by atoms with Crippen LogP contribution in [0, 0.1) is 11.8 Å². The minimum absolute atomic E-state index is 0.0311. The Morgan fingerprint density at radius 2 is 2.20 bits per heavy atom. The Morgan fingerprint density at radius 1 is 1.47 bits per heavy atom. The summed E-state index contributed by atoms with van der Waals surface area (Å²) in [6, 6.07) is 4.57. The van der Waals surface area contributed by atoms with Gasteiger partial charge in [0, 0.05) is 12.0 Å². The van der Waals surface area contributed by atoms with Crippen molar-refractivity contribution in [3.63, 3.8) is 0 Å². The normalized spacial score (nSPS) is 9.20. The Labute approximate surface area is 88.4 Å². The third-order valence-electron chi connectivity index (χ3n) is 1.93. The maximum Gasteiger partial charge on any atom is 0.166 e. The van der Waals surface area contributed by atoms with Gasteiger partial charge in [-0.05, 0) is 18.2 Å². The van der Waals surface area contributed by atoms with Crippen molar-refractivity contribution in [1.82, 2.24) is 0 Å². The average molecular weight is 204 g/mol. The second-order valence-corrected chi connectivity index (χ2v) is 2.97. The summed E-state index contributed by atoms with van der Waals surface area (Å²) in [6.45, 7) is 1.51. The Morgan fingerprint density at radius 3 is 2.80 bits per heavy atom. The first-order valence-corrected chi connectivity index (χ1v) is 4.65. The second kappa shape index (κ2) is 5.18. The third kappa shape index (κ3) is 2.83. The highest BCUT2D eigenvalue weighted by Crippen LogP contribution is 2.19. The highest BCUT2D eigenvalue weighted by atomic mass is 16.3. The molecule has 0 aliphatic heterocycles. The van der Waals surface area contributed by atoms with E-state index in [9.17, 15) is 9.90 Å². The van der Waals surface area contributed by atoms with E-state index in [-0.39, 0.29) is 23.7 Å². The van der Waals surface area contributed by atoms with E-state index in [1.165, 1.54) is 12.1 Å². The van der Waals surface area contributed by atoms with E-state index >= 15 is 0 Å². The van der Waals surface area contributed by atoms with Crippen molar-refractivity contribution in [2.24, 2.45) is 0 Å². The summed E-state index contributed by atoms with van der Waals surface area (Å²) in [5.41, 5.74) is 0.890. The van der Waals surface area contributed by atoms with E-state index in [0.29, 0.717) is 12.0 Å². The fourth-order valence-corrected chi connectivity index (χ4v) is 1.17.